The quantitative estimate of drug-likeness (QED) is 0.703. The molecule has 1 aliphatic rings. The topological polar surface area (TPSA) is 57.7 Å². The molecule has 122 valence electrons. The highest BCUT2D eigenvalue weighted by molar-refractivity contribution is 7.91. The second-order valence-corrected chi connectivity index (χ2v) is 8.88. The highest BCUT2D eigenvalue weighted by Crippen LogP contribution is 2.17. The Hall–Kier alpha value is -1.18. The lowest BCUT2D eigenvalue weighted by Crippen LogP contribution is -2.43. The van der Waals surface area contributed by atoms with Crippen molar-refractivity contribution in [2.75, 3.05) is 31.6 Å². The fourth-order valence-electron chi connectivity index (χ4n) is 2.57. The molecule has 5 nitrogen and oxygen atoms in total. The second kappa shape index (κ2) is 7.39. The van der Waals surface area contributed by atoms with E-state index in [4.69, 9.17) is 0 Å². The summed E-state index contributed by atoms with van der Waals surface area (Å²) in [7, 11) is -1.11. The lowest BCUT2D eigenvalue weighted by molar-refractivity contribution is -0.132. The molecular formula is C15H22N2O3S2. The van der Waals surface area contributed by atoms with Crippen LogP contribution in [0.15, 0.2) is 30.2 Å². The minimum absolute atomic E-state index is 0.0000907. The molecule has 0 N–H and O–H groups in total. The molecule has 1 unspecified atom stereocenters. The number of carbonyl (C=O) groups excluding carboxylic acids is 1. The first-order valence-corrected chi connectivity index (χ1v) is 9.93. The van der Waals surface area contributed by atoms with E-state index in [0.29, 0.717) is 19.5 Å². The van der Waals surface area contributed by atoms with Crippen LogP contribution in [-0.4, -0.2) is 61.8 Å². The van der Waals surface area contributed by atoms with E-state index in [9.17, 15) is 13.2 Å². The van der Waals surface area contributed by atoms with Gasteiger partial charge in [0, 0.05) is 17.5 Å². The van der Waals surface area contributed by atoms with E-state index < -0.39 is 9.84 Å². The van der Waals surface area contributed by atoms with E-state index in [1.54, 1.807) is 22.3 Å². The first-order valence-electron chi connectivity index (χ1n) is 7.23. The van der Waals surface area contributed by atoms with E-state index in [1.807, 2.05) is 29.5 Å². The van der Waals surface area contributed by atoms with Gasteiger partial charge < -0.3 is 4.90 Å². The Kier molecular flexibility index (Phi) is 5.77. The minimum atomic E-state index is -2.93. The zero-order valence-corrected chi connectivity index (χ0v) is 14.4. The number of amides is 1. The number of hydrogen-bond donors (Lipinski definition) is 0. The summed E-state index contributed by atoms with van der Waals surface area (Å²) in [6, 6.07) is 3.91. The maximum Gasteiger partial charge on any atom is 0.237 e. The number of likely N-dealkylation sites (N-methyl/N-ethyl adjacent to an activating group) is 1. The van der Waals surface area contributed by atoms with E-state index in [-0.39, 0.29) is 30.0 Å². The van der Waals surface area contributed by atoms with Gasteiger partial charge in [0.2, 0.25) is 5.91 Å². The third-order valence-corrected chi connectivity index (χ3v) is 6.46. The lowest BCUT2D eigenvalue weighted by atomic mass is 10.2. The standard InChI is InChI=1S/C15H22N2O3S2/c1-3-7-17(10-14-5-4-8-21-14)15(18)11-16(2)13-6-9-22(19,20)12-13/h3-5,8,13H,1,6-7,9-12H2,2H3. The van der Waals surface area contributed by atoms with Crippen LogP contribution in [0.3, 0.4) is 0 Å². The van der Waals surface area contributed by atoms with Crippen molar-refractivity contribution in [2.45, 2.75) is 19.0 Å². The molecule has 1 atom stereocenters. The van der Waals surface area contributed by atoms with Crippen LogP contribution in [0.2, 0.25) is 0 Å². The number of thiophene rings is 1. The van der Waals surface area contributed by atoms with Crippen molar-refractivity contribution in [3.63, 3.8) is 0 Å². The lowest BCUT2D eigenvalue weighted by Gasteiger charge is -2.27. The van der Waals surface area contributed by atoms with Crippen molar-refractivity contribution in [1.29, 1.82) is 0 Å². The summed E-state index contributed by atoms with van der Waals surface area (Å²) in [6.45, 7) is 5.00. The van der Waals surface area contributed by atoms with Crippen molar-refractivity contribution in [1.82, 2.24) is 9.80 Å². The van der Waals surface area contributed by atoms with Crippen LogP contribution in [0, 0.1) is 0 Å². The number of sulfone groups is 1. The van der Waals surface area contributed by atoms with Crippen molar-refractivity contribution >= 4 is 27.1 Å². The van der Waals surface area contributed by atoms with Gasteiger partial charge in [-0.2, -0.15) is 0 Å². The molecule has 0 bridgehead atoms. The fraction of sp³-hybridized carbons (Fsp3) is 0.533. The zero-order chi connectivity index (χ0) is 16.2. The van der Waals surface area contributed by atoms with Crippen molar-refractivity contribution < 1.29 is 13.2 Å². The molecule has 7 heteroatoms. The summed E-state index contributed by atoms with van der Waals surface area (Å²) < 4.78 is 23.1. The highest BCUT2D eigenvalue weighted by Gasteiger charge is 2.31. The van der Waals surface area contributed by atoms with Crippen LogP contribution in [0.1, 0.15) is 11.3 Å². The van der Waals surface area contributed by atoms with E-state index in [0.717, 1.165) is 4.88 Å². The molecule has 0 aromatic carbocycles. The predicted molar refractivity (Wildman–Crippen MR) is 89.6 cm³/mol. The summed E-state index contributed by atoms with van der Waals surface area (Å²) in [4.78, 5) is 17.2. The van der Waals surface area contributed by atoms with Crippen molar-refractivity contribution in [3.05, 3.63) is 35.0 Å². The maximum atomic E-state index is 12.5. The van der Waals surface area contributed by atoms with Crippen LogP contribution in [0.4, 0.5) is 0 Å². The molecule has 1 aliphatic heterocycles. The van der Waals surface area contributed by atoms with Gasteiger partial charge in [-0.1, -0.05) is 12.1 Å². The highest BCUT2D eigenvalue weighted by atomic mass is 32.2. The number of carbonyl (C=O) groups is 1. The molecule has 0 radical (unpaired) electrons. The SMILES string of the molecule is C=CCN(Cc1cccs1)C(=O)CN(C)C1CCS(=O)(=O)C1. The van der Waals surface area contributed by atoms with Crippen molar-refractivity contribution in [3.8, 4) is 0 Å². The van der Waals surface area contributed by atoms with Crippen LogP contribution in [-0.2, 0) is 21.2 Å². The molecule has 1 aromatic rings. The Balaban J connectivity index is 1.94. The van der Waals surface area contributed by atoms with Crippen LogP contribution in [0.5, 0.6) is 0 Å². The summed E-state index contributed by atoms with van der Waals surface area (Å²) >= 11 is 1.62. The fourth-order valence-corrected chi connectivity index (χ4v) is 5.09. The first kappa shape index (κ1) is 17.2. The van der Waals surface area contributed by atoms with Crippen LogP contribution in [0.25, 0.3) is 0 Å². The second-order valence-electron chi connectivity index (χ2n) is 5.61. The van der Waals surface area contributed by atoms with E-state index >= 15 is 0 Å². The van der Waals surface area contributed by atoms with Crippen LogP contribution >= 0.6 is 11.3 Å². The predicted octanol–water partition coefficient (Wildman–Crippen LogP) is 1.38. The van der Waals surface area contributed by atoms with Crippen LogP contribution < -0.4 is 0 Å². The number of hydrogen-bond acceptors (Lipinski definition) is 5. The van der Waals surface area contributed by atoms with Gasteiger partial charge in [0.15, 0.2) is 9.84 Å². The van der Waals surface area contributed by atoms with E-state index in [1.165, 1.54) is 0 Å². The average molecular weight is 342 g/mol. The molecular weight excluding hydrogens is 320 g/mol. The van der Waals surface area contributed by atoms with E-state index in [2.05, 4.69) is 6.58 Å². The summed E-state index contributed by atoms with van der Waals surface area (Å²) in [5, 5.41) is 1.99. The molecule has 1 saturated heterocycles. The molecule has 1 amide bonds. The van der Waals surface area contributed by atoms with Gasteiger partial charge in [0.1, 0.15) is 0 Å². The molecule has 0 spiro atoms. The molecule has 2 heterocycles. The molecule has 22 heavy (non-hydrogen) atoms. The van der Waals surface area contributed by atoms with Gasteiger partial charge in [-0.15, -0.1) is 17.9 Å². The minimum Gasteiger partial charge on any atom is -0.333 e. The monoisotopic (exact) mass is 342 g/mol. The molecule has 1 fully saturated rings. The maximum absolute atomic E-state index is 12.5. The van der Waals surface area contributed by atoms with Gasteiger partial charge in [0.25, 0.3) is 0 Å². The van der Waals surface area contributed by atoms with Gasteiger partial charge in [-0.25, -0.2) is 8.42 Å². The Morgan fingerprint density at radius 3 is 2.86 bits per heavy atom. The summed E-state index contributed by atoms with van der Waals surface area (Å²) in [5.41, 5.74) is 0. The molecule has 2 rings (SSSR count). The molecule has 0 aliphatic carbocycles. The number of rotatable bonds is 7. The number of nitrogens with zero attached hydrogens (tertiary/aromatic N) is 2. The smallest absolute Gasteiger partial charge is 0.237 e. The normalized spacial score (nSPS) is 20.2. The van der Waals surface area contributed by atoms with Gasteiger partial charge >= 0.3 is 0 Å². The third kappa shape index (κ3) is 4.66. The average Bonchev–Trinajstić information content (AvgIpc) is 3.07. The Bertz CT molecular complexity index is 611. The first-order chi connectivity index (χ1) is 10.4. The Morgan fingerprint density at radius 1 is 1.55 bits per heavy atom. The largest absolute Gasteiger partial charge is 0.333 e. The molecule has 1 aromatic heterocycles. The van der Waals surface area contributed by atoms with Crippen molar-refractivity contribution in [2.24, 2.45) is 0 Å². The summed E-state index contributed by atoms with van der Waals surface area (Å²) in [5.74, 6) is 0.380. The third-order valence-electron chi connectivity index (χ3n) is 3.85. The van der Waals surface area contributed by atoms with Gasteiger partial charge in [-0.05, 0) is 24.9 Å². The molecule has 0 saturated carbocycles. The Labute approximate surface area is 136 Å². The van der Waals surface area contributed by atoms with Gasteiger partial charge in [0.05, 0.1) is 24.6 Å². The summed E-state index contributed by atoms with van der Waals surface area (Å²) in [6.07, 6.45) is 2.32. The zero-order valence-electron chi connectivity index (χ0n) is 12.8. The van der Waals surface area contributed by atoms with Gasteiger partial charge in [-0.3, -0.25) is 9.69 Å². The Morgan fingerprint density at radius 2 is 2.32 bits per heavy atom.